The lowest BCUT2D eigenvalue weighted by Gasteiger charge is -2.04. The maximum atomic E-state index is 5.78. The Balaban J connectivity index is 1.83. The molecule has 0 saturated carbocycles. The van der Waals surface area contributed by atoms with E-state index in [2.05, 4.69) is 10.3 Å². The highest BCUT2D eigenvalue weighted by Gasteiger charge is 2.27. The van der Waals surface area contributed by atoms with Crippen LogP contribution in [0.15, 0.2) is 4.42 Å². The maximum Gasteiger partial charge on any atom is 0.211 e. The Labute approximate surface area is 95.4 Å². The normalized spacial score (nSPS) is 30.1. The number of aryl methyl sites for hydroxylation is 1. The van der Waals surface area contributed by atoms with Gasteiger partial charge in [0.25, 0.3) is 0 Å². The van der Waals surface area contributed by atoms with Crippen LogP contribution in [0, 0.1) is 6.92 Å². The van der Waals surface area contributed by atoms with Gasteiger partial charge in [0.1, 0.15) is 5.76 Å². The monoisotopic (exact) mass is 222 g/mol. The second-order valence-corrected chi connectivity index (χ2v) is 4.70. The molecule has 1 aromatic heterocycles. The molecule has 0 bridgehead atoms. The fourth-order valence-electron chi connectivity index (χ4n) is 2.60. The van der Waals surface area contributed by atoms with E-state index in [1.807, 2.05) is 6.92 Å². The Kier molecular flexibility index (Phi) is 2.69. The van der Waals surface area contributed by atoms with Gasteiger partial charge in [-0.05, 0) is 32.7 Å². The standard InChI is InChI=1S/C12H18N2O2/c1-8-11(9-4-6-15-7-9)14-12(16-8)10-3-2-5-13-10/h9-10,13H,2-7H2,1H3. The molecule has 2 fully saturated rings. The summed E-state index contributed by atoms with van der Waals surface area (Å²) in [6, 6.07) is 0.328. The quantitative estimate of drug-likeness (QED) is 0.830. The summed E-state index contributed by atoms with van der Waals surface area (Å²) in [7, 11) is 0. The van der Waals surface area contributed by atoms with Crippen LogP contribution in [0.1, 0.15) is 48.6 Å². The van der Waals surface area contributed by atoms with Crippen LogP contribution < -0.4 is 5.32 Å². The van der Waals surface area contributed by atoms with E-state index in [1.165, 1.54) is 6.42 Å². The molecule has 16 heavy (non-hydrogen) atoms. The zero-order chi connectivity index (χ0) is 11.0. The average molecular weight is 222 g/mol. The van der Waals surface area contributed by atoms with Crippen LogP contribution in [0.3, 0.4) is 0 Å². The summed E-state index contributed by atoms with van der Waals surface area (Å²) in [5.41, 5.74) is 1.11. The Bertz CT molecular complexity index is 363. The van der Waals surface area contributed by atoms with Gasteiger partial charge in [0, 0.05) is 12.5 Å². The molecule has 0 radical (unpaired) electrons. The second-order valence-electron chi connectivity index (χ2n) is 4.70. The van der Waals surface area contributed by atoms with Gasteiger partial charge < -0.3 is 14.5 Å². The van der Waals surface area contributed by atoms with Crippen molar-refractivity contribution in [2.75, 3.05) is 19.8 Å². The van der Waals surface area contributed by atoms with Crippen molar-refractivity contribution in [2.24, 2.45) is 0 Å². The van der Waals surface area contributed by atoms with Crippen LogP contribution in [0.25, 0.3) is 0 Å². The molecule has 4 nitrogen and oxygen atoms in total. The minimum absolute atomic E-state index is 0.328. The molecule has 2 saturated heterocycles. The molecule has 0 amide bonds. The van der Waals surface area contributed by atoms with E-state index in [-0.39, 0.29) is 0 Å². The fraction of sp³-hybridized carbons (Fsp3) is 0.750. The molecule has 0 aliphatic carbocycles. The summed E-state index contributed by atoms with van der Waals surface area (Å²) in [4.78, 5) is 4.66. The van der Waals surface area contributed by atoms with Crippen molar-refractivity contribution in [2.45, 2.75) is 38.1 Å². The number of nitrogens with zero attached hydrogens (tertiary/aromatic N) is 1. The lowest BCUT2D eigenvalue weighted by atomic mass is 10.0. The van der Waals surface area contributed by atoms with Crippen molar-refractivity contribution in [1.29, 1.82) is 0 Å². The van der Waals surface area contributed by atoms with Crippen LogP contribution in [-0.4, -0.2) is 24.7 Å². The number of hydrogen-bond donors (Lipinski definition) is 1. The zero-order valence-electron chi connectivity index (χ0n) is 9.66. The Hall–Kier alpha value is -0.870. The third-order valence-electron chi connectivity index (χ3n) is 3.52. The van der Waals surface area contributed by atoms with Crippen LogP contribution in [0.4, 0.5) is 0 Å². The molecule has 1 aromatic rings. The lowest BCUT2D eigenvalue weighted by molar-refractivity contribution is 0.193. The number of aromatic nitrogens is 1. The predicted octanol–water partition coefficient (Wildman–Crippen LogP) is 1.91. The highest BCUT2D eigenvalue weighted by atomic mass is 16.5. The molecule has 2 aliphatic heterocycles. The molecule has 88 valence electrons. The Morgan fingerprint density at radius 3 is 3.00 bits per heavy atom. The summed E-state index contributed by atoms with van der Waals surface area (Å²) in [5, 5.41) is 3.42. The first-order chi connectivity index (χ1) is 7.84. The SMILES string of the molecule is Cc1oc(C2CCCN2)nc1C1CCOC1. The van der Waals surface area contributed by atoms with E-state index in [9.17, 15) is 0 Å². The van der Waals surface area contributed by atoms with Crippen molar-refractivity contribution in [3.63, 3.8) is 0 Å². The van der Waals surface area contributed by atoms with Crippen LogP contribution in [0.2, 0.25) is 0 Å². The molecule has 2 atom stereocenters. The van der Waals surface area contributed by atoms with Gasteiger partial charge in [-0.2, -0.15) is 0 Å². The second kappa shape index (κ2) is 4.18. The molecule has 3 heterocycles. The summed E-state index contributed by atoms with van der Waals surface area (Å²) >= 11 is 0. The average Bonchev–Trinajstić information content (AvgIpc) is 2.97. The Morgan fingerprint density at radius 1 is 1.38 bits per heavy atom. The minimum Gasteiger partial charge on any atom is -0.444 e. The zero-order valence-corrected chi connectivity index (χ0v) is 9.66. The predicted molar refractivity (Wildman–Crippen MR) is 59.4 cm³/mol. The van der Waals surface area contributed by atoms with Crippen molar-refractivity contribution in [1.82, 2.24) is 10.3 Å². The number of rotatable bonds is 2. The van der Waals surface area contributed by atoms with Crippen LogP contribution >= 0.6 is 0 Å². The van der Waals surface area contributed by atoms with E-state index >= 15 is 0 Å². The maximum absolute atomic E-state index is 5.78. The number of hydrogen-bond acceptors (Lipinski definition) is 4. The first-order valence-corrected chi connectivity index (χ1v) is 6.13. The van der Waals surface area contributed by atoms with Crippen LogP contribution in [-0.2, 0) is 4.74 Å². The lowest BCUT2D eigenvalue weighted by Crippen LogP contribution is -2.13. The van der Waals surface area contributed by atoms with Crippen molar-refractivity contribution < 1.29 is 9.15 Å². The molecule has 0 aromatic carbocycles. The Morgan fingerprint density at radius 2 is 2.31 bits per heavy atom. The van der Waals surface area contributed by atoms with E-state index in [0.29, 0.717) is 12.0 Å². The van der Waals surface area contributed by atoms with Crippen molar-refractivity contribution in [3.05, 3.63) is 17.3 Å². The van der Waals surface area contributed by atoms with E-state index < -0.39 is 0 Å². The van der Waals surface area contributed by atoms with Crippen molar-refractivity contribution in [3.8, 4) is 0 Å². The molecule has 0 spiro atoms. The molecular weight excluding hydrogens is 204 g/mol. The molecule has 3 rings (SSSR count). The summed E-state index contributed by atoms with van der Waals surface area (Å²) in [6.45, 7) is 4.74. The van der Waals surface area contributed by atoms with Gasteiger partial charge in [-0.1, -0.05) is 0 Å². The summed E-state index contributed by atoms with van der Waals surface area (Å²) < 4.78 is 11.2. The van der Waals surface area contributed by atoms with Crippen molar-refractivity contribution >= 4 is 0 Å². The van der Waals surface area contributed by atoms with Gasteiger partial charge in [-0.15, -0.1) is 0 Å². The molecule has 4 heteroatoms. The van der Waals surface area contributed by atoms with Gasteiger partial charge in [0.15, 0.2) is 0 Å². The van der Waals surface area contributed by atoms with E-state index in [0.717, 1.165) is 49.9 Å². The largest absolute Gasteiger partial charge is 0.444 e. The van der Waals surface area contributed by atoms with Gasteiger partial charge in [0.2, 0.25) is 5.89 Å². The first kappa shape index (κ1) is 10.3. The van der Waals surface area contributed by atoms with Gasteiger partial charge in [-0.25, -0.2) is 4.98 Å². The molecular formula is C12H18N2O2. The first-order valence-electron chi connectivity index (χ1n) is 6.13. The van der Waals surface area contributed by atoms with Crippen LogP contribution in [0.5, 0.6) is 0 Å². The fourth-order valence-corrected chi connectivity index (χ4v) is 2.60. The summed E-state index contributed by atoms with van der Waals surface area (Å²) in [6.07, 6.45) is 3.43. The summed E-state index contributed by atoms with van der Waals surface area (Å²) in [5.74, 6) is 2.29. The highest BCUT2D eigenvalue weighted by molar-refractivity contribution is 5.16. The minimum atomic E-state index is 0.328. The topological polar surface area (TPSA) is 47.3 Å². The highest BCUT2D eigenvalue weighted by Crippen LogP contribution is 2.31. The molecule has 1 N–H and O–H groups in total. The van der Waals surface area contributed by atoms with E-state index in [1.54, 1.807) is 0 Å². The van der Waals surface area contributed by atoms with E-state index in [4.69, 9.17) is 9.15 Å². The van der Waals surface area contributed by atoms with Gasteiger partial charge >= 0.3 is 0 Å². The van der Waals surface area contributed by atoms with Gasteiger partial charge in [0.05, 0.1) is 18.3 Å². The molecule has 2 unspecified atom stereocenters. The number of oxazole rings is 1. The third kappa shape index (κ3) is 1.76. The van der Waals surface area contributed by atoms with Gasteiger partial charge in [-0.3, -0.25) is 0 Å². The smallest absolute Gasteiger partial charge is 0.211 e. The number of ether oxygens (including phenoxy) is 1. The third-order valence-corrected chi connectivity index (χ3v) is 3.52. The number of nitrogens with one attached hydrogen (secondary N) is 1. The molecule has 2 aliphatic rings.